The van der Waals surface area contributed by atoms with Crippen LogP contribution in [0.15, 0.2) is 73.1 Å². The van der Waals surface area contributed by atoms with Crippen LogP contribution in [0.5, 0.6) is 0 Å². The van der Waals surface area contributed by atoms with E-state index < -0.39 is 0 Å². The standard InChI is InChI=1S/C28H35N5O2/c34-28(35-21-22-8-2-1-3-9-22)31-27-12-5-4-11-26(27)30-23-10-6-18-32(20-23)24-13-15-25(16-14-24)33-19-7-17-29-33/h1-3,7-9,13-17,19,23,26-27,30H,4-6,10-12,18,20-21H2,(H,31,34). The number of ether oxygens (including phenoxy) is 1. The molecule has 2 fully saturated rings. The van der Waals surface area contributed by atoms with Crippen molar-refractivity contribution in [2.24, 2.45) is 0 Å². The number of rotatable bonds is 7. The van der Waals surface area contributed by atoms with Crippen LogP contribution in [0, 0.1) is 0 Å². The van der Waals surface area contributed by atoms with Gasteiger partial charge in [-0.25, -0.2) is 9.48 Å². The number of nitrogens with one attached hydrogen (secondary N) is 2. The molecule has 1 aromatic heterocycles. The summed E-state index contributed by atoms with van der Waals surface area (Å²) in [5.41, 5.74) is 3.32. The molecule has 7 nitrogen and oxygen atoms in total. The van der Waals surface area contributed by atoms with Crippen LogP contribution in [0.3, 0.4) is 0 Å². The minimum atomic E-state index is -0.324. The minimum Gasteiger partial charge on any atom is -0.445 e. The average molecular weight is 474 g/mol. The number of nitrogens with zero attached hydrogens (tertiary/aromatic N) is 3. The molecule has 7 heteroatoms. The normalized spacial score (nSPS) is 22.5. The second kappa shape index (κ2) is 11.4. The highest BCUT2D eigenvalue weighted by molar-refractivity contribution is 5.67. The Hall–Kier alpha value is -3.32. The summed E-state index contributed by atoms with van der Waals surface area (Å²) in [4.78, 5) is 15.0. The predicted octanol–water partition coefficient (Wildman–Crippen LogP) is 4.67. The summed E-state index contributed by atoms with van der Waals surface area (Å²) in [5.74, 6) is 0. The maximum Gasteiger partial charge on any atom is 0.407 e. The number of benzene rings is 2. The Bertz CT molecular complexity index is 1050. The van der Waals surface area contributed by atoms with Crippen LogP contribution in [0.25, 0.3) is 5.69 Å². The third-order valence-electron chi connectivity index (χ3n) is 7.14. The number of piperidine rings is 1. The molecule has 2 N–H and O–H groups in total. The van der Waals surface area contributed by atoms with E-state index in [1.165, 1.54) is 12.1 Å². The van der Waals surface area contributed by atoms with E-state index >= 15 is 0 Å². The lowest BCUT2D eigenvalue weighted by Crippen LogP contribution is -2.57. The Morgan fingerprint density at radius 3 is 2.46 bits per heavy atom. The fourth-order valence-electron chi connectivity index (χ4n) is 5.31. The molecule has 0 bridgehead atoms. The molecule has 0 radical (unpaired) electrons. The second-order valence-electron chi connectivity index (χ2n) is 9.62. The Kier molecular flexibility index (Phi) is 7.63. The number of amides is 1. The monoisotopic (exact) mass is 473 g/mol. The zero-order valence-electron chi connectivity index (χ0n) is 20.2. The van der Waals surface area contributed by atoms with Gasteiger partial charge < -0.3 is 20.3 Å². The van der Waals surface area contributed by atoms with Crippen molar-refractivity contribution in [2.45, 2.75) is 63.3 Å². The summed E-state index contributed by atoms with van der Waals surface area (Å²) < 4.78 is 7.37. The van der Waals surface area contributed by atoms with Crippen LogP contribution in [0.1, 0.15) is 44.1 Å². The zero-order valence-corrected chi connectivity index (χ0v) is 20.2. The van der Waals surface area contributed by atoms with Crippen molar-refractivity contribution < 1.29 is 9.53 Å². The highest BCUT2D eigenvalue weighted by Crippen LogP contribution is 2.24. The van der Waals surface area contributed by atoms with Crippen LogP contribution >= 0.6 is 0 Å². The van der Waals surface area contributed by atoms with Crippen molar-refractivity contribution in [3.05, 3.63) is 78.6 Å². The Morgan fingerprint density at radius 2 is 1.69 bits per heavy atom. The SMILES string of the molecule is O=C(NC1CCCCC1NC1CCCN(c2ccc(-n3cccn3)cc2)C1)OCc1ccccc1. The smallest absolute Gasteiger partial charge is 0.407 e. The van der Waals surface area contributed by atoms with Gasteiger partial charge in [0.1, 0.15) is 6.61 Å². The summed E-state index contributed by atoms with van der Waals surface area (Å²) in [6.07, 6.45) is 10.2. The van der Waals surface area contributed by atoms with Gasteiger partial charge >= 0.3 is 6.09 Å². The van der Waals surface area contributed by atoms with Crippen LogP contribution in [0.2, 0.25) is 0 Å². The molecule has 184 valence electrons. The first-order chi connectivity index (χ1) is 17.2. The van der Waals surface area contributed by atoms with Crippen LogP contribution in [0.4, 0.5) is 10.5 Å². The minimum absolute atomic E-state index is 0.107. The number of hydrogen-bond donors (Lipinski definition) is 2. The molecule has 3 aromatic rings. The first kappa shape index (κ1) is 23.4. The van der Waals surface area contributed by atoms with E-state index in [9.17, 15) is 4.79 Å². The van der Waals surface area contributed by atoms with Gasteiger partial charge in [-0.3, -0.25) is 0 Å². The van der Waals surface area contributed by atoms with Gasteiger partial charge in [0.15, 0.2) is 0 Å². The quantitative estimate of drug-likeness (QED) is 0.522. The zero-order chi connectivity index (χ0) is 23.9. The highest BCUT2D eigenvalue weighted by atomic mass is 16.5. The number of hydrogen-bond acceptors (Lipinski definition) is 5. The molecule has 2 heterocycles. The number of anilines is 1. The second-order valence-corrected chi connectivity index (χ2v) is 9.62. The molecule has 1 aliphatic heterocycles. The molecule has 3 unspecified atom stereocenters. The van der Waals surface area contributed by atoms with E-state index in [1.807, 2.05) is 47.3 Å². The summed E-state index contributed by atoms with van der Waals surface area (Å²) in [6, 6.07) is 21.2. The number of carbonyl (C=O) groups excluding carboxylic acids is 1. The summed E-state index contributed by atoms with van der Waals surface area (Å²) >= 11 is 0. The summed E-state index contributed by atoms with van der Waals surface area (Å²) in [5, 5.41) is 11.4. The number of aromatic nitrogens is 2. The molecule has 1 amide bonds. The molecule has 2 aromatic carbocycles. The average Bonchev–Trinajstić information content (AvgIpc) is 3.45. The molecule has 5 rings (SSSR count). The van der Waals surface area contributed by atoms with Gasteiger partial charge in [0.25, 0.3) is 0 Å². The van der Waals surface area contributed by atoms with Crippen molar-refractivity contribution in [2.75, 3.05) is 18.0 Å². The Morgan fingerprint density at radius 1 is 0.914 bits per heavy atom. The first-order valence-corrected chi connectivity index (χ1v) is 12.8. The van der Waals surface area contributed by atoms with Crippen LogP contribution in [-0.2, 0) is 11.3 Å². The van der Waals surface area contributed by atoms with E-state index in [-0.39, 0.29) is 18.2 Å². The van der Waals surface area contributed by atoms with Gasteiger partial charge in [-0.2, -0.15) is 5.10 Å². The lowest BCUT2D eigenvalue weighted by atomic mass is 9.89. The molecule has 35 heavy (non-hydrogen) atoms. The van der Waals surface area contributed by atoms with Gasteiger partial charge in [-0.05, 0) is 61.6 Å². The van der Waals surface area contributed by atoms with Crippen molar-refractivity contribution in [1.29, 1.82) is 0 Å². The predicted molar refractivity (Wildman–Crippen MR) is 138 cm³/mol. The maximum absolute atomic E-state index is 12.5. The topological polar surface area (TPSA) is 71.4 Å². The fourth-order valence-corrected chi connectivity index (χ4v) is 5.31. The number of carbonyl (C=O) groups is 1. The molecule has 1 saturated heterocycles. The molecule has 2 aliphatic rings. The third-order valence-corrected chi connectivity index (χ3v) is 7.14. The van der Waals surface area contributed by atoms with E-state index in [4.69, 9.17) is 4.74 Å². The third kappa shape index (κ3) is 6.22. The molecule has 0 spiro atoms. The molecule has 1 saturated carbocycles. The molecule has 3 atom stereocenters. The summed E-state index contributed by atoms with van der Waals surface area (Å²) in [6.45, 7) is 2.34. The van der Waals surface area contributed by atoms with Crippen molar-refractivity contribution in [1.82, 2.24) is 20.4 Å². The van der Waals surface area contributed by atoms with Crippen LogP contribution < -0.4 is 15.5 Å². The highest BCUT2D eigenvalue weighted by Gasteiger charge is 2.30. The van der Waals surface area contributed by atoms with E-state index in [2.05, 4.69) is 44.9 Å². The van der Waals surface area contributed by atoms with E-state index in [1.54, 1.807) is 6.20 Å². The van der Waals surface area contributed by atoms with Crippen molar-refractivity contribution >= 4 is 11.8 Å². The van der Waals surface area contributed by atoms with Crippen molar-refractivity contribution in [3.8, 4) is 5.69 Å². The lowest BCUT2D eigenvalue weighted by molar-refractivity contribution is 0.128. The van der Waals surface area contributed by atoms with Gasteiger partial charge in [0, 0.05) is 49.3 Å². The Balaban J connectivity index is 1.14. The molecular formula is C28H35N5O2. The van der Waals surface area contributed by atoms with Crippen LogP contribution in [-0.4, -0.2) is 47.1 Å². The van der Waals surface area contributed by atoms with Gasteiger partial charge in [0.05, 0.1) is 5.69 Å². The number of alkyl carbamates (subject to hydrolysis) is 1. The molecular weight excluding hydrogens is 438 g/mol. The maximum atomic E-state index is 12.5. The Labute approximate surface area is 207 Å². The van der Waals surface area contributed by atoms with Gasteiger partial charge in [-0.15, -0.1) is 0 Å². The van der Waals surface area contributed by atoms with E-state index in [0.717, 1.165) is 56.4 Å². The fraction of sp³-hybridized carbons (Fsp3) is 0.429. The van der Waals surface area contributed by atoms with Gasteiger partial charge in [0.2, 0.25) is 0 Å². The van der Waals surface area contributed by atoms with Crippen molar-refractivity contribution in [3.63, 3.8) is 0 Å². The largest absolute Gasteiger partial charge is 0.445 e. The molecule has 1 aliphatic carbocycles. The first-order valence-electron chi connectivity index (χ1n) is 12.8. The van der Waals surface area contributed by atoms with E-state index in [0.29, 0.717) is 12.6 Å². The summed E-state index contributed by atoms with van der Waals surface area (Å²) in [7, 11) is 0. The van der Waals surface area contributed by atoms with Gasteiger partial charge in [-0.1, -0.05) is 43.2 Å². The lowest BCUT2D eigenvalue weighted by Gasteiger charge is -2.40.